The number of esters is 1. The quantitative estimate of drug-likeness (QED) is 0.545. The van der Waals surface area contributed by atoms with Crippen LogP contribution < -0.4 is 0 Å². The van der Waals surface area contributed by atoms with Gasteiger partial charge in [-0.3, -0.25) is 9.59 Å². The average Bonchev–Trinajstić information content (AvgIpc) is 2.41. The Morgan fingerprint density at radius 1 is 1.18 bits per heavy atom. The van der Waals surface area contributed by atoms with Gasteiger partial charge in [-0.15, -0.1) is 0 Å². The van der Waals surface area contributed by atoms with Crippen molar-refractivity contribution in [1.29, 1.82) is 0 Å². The molecule has 3 nitrogen and oxygen atoms in total. The Kier molecular flexibility index (Phi) is 2.72. The number of rotatable bonds is 2. The third kappa shape index (κ3) is 1.80. The minimum Gasteiger partial charge on any atom is -0.465 e. The Bertz CT molecular complexity index is 335. The lowest BCUT2D eigenvalue weighted by Gasteiger charge is -2.38. The van der Waals surface area contributed by atoms with E-state index in [-0.39, 0.29) is 23.6 Å². The SMILES string of the molecule is CCOC(=O)[C@@H]1C(=O)C2C[C@@H]3CC1C[C@H](C2)C3. The van der Waals surface area contributed by atoms with Crippen LogP contribution in [0.2, 0.25) is 0 Å². The highest BCUT2D eigenvalue weighted by atomic mass is 16.5. The molecule has 0 radical (unpaired) electrons. The minimum absolute atomic E-state index is 0.153. The molecule has 3 heteroatoms. The van der Waals surface area contributed by atoms with Crippen molar-refractivity contribution in [2.45, 2.75) is 39.0 Å². The molecule has 4 saturated carbocycles. The van der Waals surface area contributed by atoms with Gasteiger partial charge in [-0.1, -0.05) is 0 Å². The standard InChI is InChI=1S/C14H20O3/c1-2-17-14(16)12-10-4-8-3-9(5-10)7-11(6-8)13(12)15/h8-12H,2-7H2,1H3/t8-,9+,10?,11?,12-/m0/s1. The summed E-state index contributed by atoms with van der Waals surface area (Å²) in [4.78, 5) is 24.4. The Labute approximate surface area is 102 Å². The highest BCUT2D eigenvalue weighted by Crippen LogP contribution is 2.52. The fourth-order valence-electron chi connectivity index (χ4n) is 4.43. The number of fused-ring (bicyclic) bond motifs is 1. The lowest BCUT2D eigenvalue weighted by Crippen LogP contribution is -2.33. The van der Waals surface area contributed by atoms with Crippen molar-refractivity contribution in [1.82, 2.24) is 0 Å². The van der Waals surface area contributed by atoms with Gasteiger partial charge in [0.05, 0.1) is 6.61 Å². The molecule has 4 aliphatic carbocycles. The van der Waals surface area contributed by atoms with E-state index < -0.39 is 5.92 Å². The molecule has 0 aromatic heterocycles. The molecule has 2 unspecified atom stereocenters. The van der Waals surface area contributed by atoms with E-state index in [2.05, 4.69) is 0 Å². The normalized spacial score (nSPS) is 43.6. The molecule has 0 spiro atoms. The van der Waals surface area contributed by atoms with Crippen LogP contribution in [0, 0.1) is 29.6 Å². The summed E-state index contributed by atoms with van der Waals surface area (Å²) in [6, 6.07) is 0. The van der Waals surface area contributed by atoms with Crippen LogP contribution in [0.15, 0.2) is 0 Å². The maximum atomic E-state index is 12.4. The first kappa shape index (κ1) is 11.2. The van der Waals surface area contributed by atoms with Gasteiger partial charge in [0.15, 0.2) is 0 Å². The van der Waals surface area contributed by atoms with E-state index in [1.54, 1.807) is 0 Å². The van der Waals surface area contributed by atoms with Crippen LogP contribution in [-0.4, -0.2) is 18.4 Å². The summed E-state index contributed by atoms with van der Waals surface area (Å²) in [5, 5.41) is 0. The van der Waals surface area contributed by atoms with E-state index >= 15 is 0 Å². The van der Waals surface area contributed by atoms with Crippen LogP contribution in [0.1, 0.15) is 39.0 Å². The molecule has 94 valence electrons. The number of carbonyl (C=O) groups is 2. The molecular formula is C14H20O3. The van der Waals surface area contributed by atoms with Crippen molar-refractivity contribution in [2.75, 3.05) is 6.61 Å². The maximum absolute atomic E-state index is 12.4. The Morgan fingerprint density at radius 3 is 2.41 bits per heavy atom. The van der Waals surface area contributed by atoms with E-state index in [1.807, 2.05) is 6.92 Å². The fourth-order valence-corrected chi connectivity index (χ4v) is 4.43. The van der Waals surface area contributed by atoms with Gasteiger partial charge in [0.1, 0.15) is 11.7 Å². The molecule has 0 aliphatic heterocycles. The van der Waals surface area contributed by atoms with Gasteiger partial charge in [-0.05, 0) is 56.8 Å². The molecule has 4 aliphatic rings. The van der Waals surface area contributed by atoms with E-state index in [0.29, 0.717) is 18.4 Å². The molecule has 0 N–H and O–H groups in total. The van der Waals surface area contributed by atoms with Crippen molar-refractivity contribution >= 4 is 11.8 Å². The molecule has 0 saturated heterocycles. The number of hydrogen-bond donors (Lipinski definition) is 0. The molecule has 0 heterocycles. The number of ether oxygens (including phenoxy) is 1. The van der Waals surface area contributed by atoms with Gasteiger partial charge in [-0.2, -0.15) is 0 Å². The zero-order valence-electron chi connectivity index (χ0n) is 10.4. The number of ketones is 1. The summed E-state index contributed by atoms with van der Waals surface area (Å²) in [5.74, 6) is 1.32. The average molecular weight is 236 g/mol. The topological polar surface area (TPSA) is 43.4 Å². The van der Waals surface area contributed by atoms with Gasteiger partial charge in [0.25, 0.3) is 0 Å². The molecule has 0 amide bonds. The summed E-state index contributed by atoms with van der Waals surface area (Å²) in [7, 11) is 0. The van der Waals surface area contributed by atoms with Gasteiger partial charge < -0.3 is 4.74 Å². The Morgan fingerprint density at radius 2 is 1.82 bits per heavy atom. The van der Waals surface area contributed by atoms with Crippen LogP contribution in [0.3, 0.4) is 0 Å². The van der Waals surface area contributed by atoms with Crippen molar-refractivity contribution in [3.05, 3.63) is 0 Å². The lowest BCUT2D eigenvalue weighted by atomic mass is 9.67. The van der Waals surface area contributed by atoms with E-state index in [9.17, 15) is 9.59 Å². The predicted molar refractivity (Wildman–Crippen MR) is 62.2 cm³/mol. The molecule has 17 heavy (non-hydrogen) atoms. The van der Waals surface area contributed by atoms with E-state index in [4.69, 9.17) is 4.74 Å². The second-order valence-corrected chi connectivity index (χ2v) is 6.00. The number of hydrogen-bond acceptors (Lipinski definition) is 3. The summed E-state index contributed by atoms with van der Waals surface area (Å²) in [5.41, 5.74) is 0. The van der Waals surface area contributed by atoms with Crippen LogP contribution in [0.4, 0.5) is 0 Å². The summed E-state index contributed by atoms with van der Waals surface area (Å²) < 4.78 is 5.11. The van der Waals surface area contributed by atoms with Gasteiger partial charge in [-0.25, -0.2) is 0 Å². The second-order valence-electron chi connectivity index (χ2n) is 6.00. The molecule has 4 rings (SSSR count). The van der Waals surface area contributed by atoms with Gasteiger partial charge in [0.2, 0.25) is 0 Å². The Hall–Kier alpha value is -0.860. The molecular weight excluding hydrogens is 216 g/mol. The van der Waals surface area contributed by atoms with E-state index in [1.165, 1.54) is 6.42 Å². The lowest BCUT2D eigenvalue weighted by molar-refractivity contribution is -0.154. The van der Waals surface area contributed by atoms with Crippen molar-refractivity contribution in [3.8, 4) is 0 Å². The first-order valence-corrected chi connectivity index (χ1v) is 6.89. The summed E-state index contributed by atoms with van der Waals surface area (Å²) in [6.07, 6.45) is 5.49. The van der Waals surface area contributed by atoms with Crippen LogP contribution >= 0.6 is 0 Å². The smallest absolute Gasteiger partial charge is 0.316 e. The predicted octanol–water partition coefficient (Wildman–Crippen LogP) is 2.19. The first-order chi connectivity index (χ1) is 8.19. The first-order valence-electron chi connectivity index (χ1n) is 6.89. The van der Waals surface area contributed by atoms with Crippen molar-refractivity contribution in [2.24, 2.45) is 29.6 Å². The van der Waals surface area contributed by atoms with Gasteiger partial charge in [0, 0.05) is 5.92 Å². The van der Waals surface area contributed by atoms with Crippen molar-refractivity contribution < 1.29 is 14.3 Å². The van der Waals surface area contributed by atoms with Crippen LogP contribution in [0.5, 0.6) is 0 Å². The highest BCUT2D eigenvalue weighted by molar-refractivity contribution is 6.01. The maximum Gasteiger partial charge on any atom is 0.316 e. The summed E-state index contributed by atoms with van der Waals surface area (Å²) >= 11 is 0. The Balaban J connectivity index is 1.88. The number of carbonyl (C=O) groups excluding carboxylic acids is 2. The largest absolute Gasteiger partial charge is 0.465 e. The third-order valence-corrected chi connectivity index (χ3v) is 4.90. The summed E-state index contributed by atoms with van der Waals surface area (Å²) in [6.45, 7) is 2.19. The van der Waals surface area contributed by atoms with Crippen molar-refractivity contribution in [3.63, 3.8) is 0 Å². The molecule has 4 fully saturated rings. The van der Waals surface area contributed by atoms with E-state index in [0.717, 1.165) is 25.7 Å². The van der Waals surface area contributed by atoms with Gasteiger partial charge >= 0.3 is 5.97 Å². The third-order valence-electron chi connectivity index (χ3n) is 4.90. The molecule has 0 aromatic carbocycles. The zero-order valence-corrected chi connectivity index (χ0v) is 10.4. The minimum atomic E-state index is -0.435. The molecule has 5 atom stereocenters. The molecule has 4 bridgehead atoms. The fraction of sp³-hybridized carbons (Fsp3) is 0.857. The highest BCUT2D eigenvalue weighted by Gasteiger charge is 2.51. The van der Waals surface area contributed by atoms with Crippen LogP contribution in [-0.2, 0) is 14.3 Å². The van der Waals surface area contributed by atoms with Crippen LogP contribution in [0.25, 0.3) is 0 Å². The second kappa shape index (κ2) is 4.11. The monoisotopic (exact) mass is 236 g/mol. The number of Topliss-reactive ketones (excluding diaryl/α,β-unsaturated/α-hetero) is 1. The molecule has 0 aromatic rings. The zero-order chi connectivity index (χ0) is 12.0.